The van der Waals surface area contributed by atoms with Crippen LogP contribution in [0.1, 0.15) is 16.1 Å². The van der Waals surface area contributed by atoms with Gasteiger partial charge in [0.2, 0.25) is 5.88 Å². The molecule has 3 heterocycles. The fourth-order valence-electron chi connectivity index (χ4n) is 2.60. The highest BCUT2D eigenvalue weighted by Crippen LogP contribution is 2.30. The number of carbonyl (C=O) groups excluding carboxylic acids is 1. The Balaban J connectivity index is 1.50. The summed E-state index contributed by atoms with van der Waals surface area (Å²) in [4.78, 5) is 20.2. The van der Waals surface area contributed by atoms with Crippen molar-refractivity contribution in [3.05, 3.63) is 59.9 Å². The Hall–Kier alpha value is -2.81. The van der Waals surface area contributed by atoms with E-state index in [-0.39, 0.29) is 17.8 Å². The number of rotatable bonds is 4. The maximum atomic E-state index is 12.6. The molecule has 28 heavy (non-hydrogen) atoms. The summed E-state index contributed by atoms with van der Waals surface area (Å²) in [5, 5.41) is 3.66. The van der Waals surface area contributed by atoms with Crippen LogP contribution in [0.3, 0.4) is 0 Å². The number of carbonyl (C=O) groups is 1. The SMILES string of the molecule is O=C(NC1CSC1)c1ccc2cc(Oc3ccc(C(F)(F)F)cn3)ccc2n1. The summed E-state index contributed by atoms with van der Waals surface area (Å²) in [5.41, 5.74) is 0.111. The third-order valence-electron chi connectivity index (χ3n) is 4.15. The molecule has 0 saturated carbocycles. The topological polar surface area (TPSA) is 64.1 Å². The number of amides is 1. The number of hydrogen-bond donors (Lipinski definition) is 1. The number of thioether (sulfide) groups is 1. The van der Waals surface area contributed by atoms with Crippen LogP contribution in [0.2, 0.25) is 0 Å². The van der Waals surface area contributed by atoms with Gasteiger partial charge in [0, 0.05) is 35.2 Å². The van der Waals surface area contributed by atoms with Crippen LogP contribution in [0.4, 0.5) is 13.2 Å². The molecule has 1 amide bonds. The summed E-state index contributed by atoms with van der Waals surface area (Å²) < 4.78 is 43.3. The van der Waals surface area contributed by atoms with Gasteiger partial charge in [-0.25, -0.2) is 9.97 Å². The van der Waals surface area contributed by atoms with Gasteiger partial charge >= 0.3 is 6.18 Å². The van der Waals surface area contributed by atoms with Crippen molar-refractivity contribution in [1.82, 2.24) is 15.3 Å². The van der Waals surface area contributed by atoms with Crippen molar-refractivity contribution in [2.24, 2.45) is 0 Å². The molecule has 0 bridgehead atoms. The largest absolute Gasteiger partial charge is 0.439 e. The molecule has 4 rings (SSSR count). The van der Waals surface area contributed by atoms with Crippen LogP contribution in [-0.4, -0.2) is 33.4 Å². The Morgan fingerprint density at radius 1 is 1.14 bits per heavy atom. The number of alkyl halides is 3. The van der Waals surface area contributed by atoms with Crippen LogP contribution in [0.25, 0.3) is 10.9 Å². The molecule has 0 aliphatic carbocycles. The van der Waals surface area contributed by atoms with E-state index in [1.54, 1.807) is 42.1 Å². The van der Waals surface area contributed by atoms with Crippen molar-refractivity contribution in [2.45, 2.75) is 12.2 Å². The van der Waals surface area contributed by atoms with E-state index < -0.39 is 11.7 Å². The van der Waals surface area contributed by atoms with Crippen molar-refractivity contribution in [1.29, 1.82) is 0 Å². The first-order valence-corrected chi connectivity index (χ1v) is 9.54. The summed E-state index contributed by atoms with van der Waals surface area (Å²) in [6.45, 7) is 0. The summed E-state index contributed by atoms with van der Waals surface area (Å²) >= 11 is 1.78. The Kier molecular flexibility index (Phi) is 4.84. The normalized spacial score (nSPS) is 14.5. The number of nitrogens with one attached hydrogen (secondary N) is 1. The van der Waals surface area contributed by atoms with Crippen molar-refractivity contribution >= 4 is 28.6 Å². The number of fused-ring (bicyclic) bond motifs is 1. The summed E-state index contributed by atoms with van der Waals surface area (Å²) in [6, 6.07) is 10.6. The molecule has 0 radical (unpaired) electrons. The van der Waals surface area contributed by atoms with Crippen molar-refractivity contribution in [3.8, 4) is 11.6 Å². The molecule has 3 aromatic rings. The molecule has 0 unspecified atom stereocenters. The number of aromatic nitrogens is 2. The van der Waals surface area contributed by atoms with Gasteiger partial charge in [0.15, 0.2) is 0 Å². The molecule has 1 fully saturated rings. The van der Waals surface area contributed by atoms with Gasteiger partial charge in [-0.3, -0.25) is 4.79 Å². The fraction of sp³-hybridized carbons (Fsp3) is 0.211. The second-order valence-corrected chi connectivity index (χ2v) is 7.32. The highest BCUT2D eigenvalue weighted by atomic mass is 32.2. The molecule has 5 nitrogen and oxygen atoms in total. The molecule has 0 spiro atoms. The van der Waals surface area contributed by atoms with Crippen molar-refractivity contribution in [3.63, 3.8) is 0 Å². The van der Waals surface area contributed by atoms with Crippen LogP contribution in [0.5, 0.6) is 11.6 Å². The molecule has 2 aromatic heterocycles. The third-order valence-corrected chi connectivity index (χ3v) is 5.43. The van der Waals surface area contributed by atoms with Crippen LogP contribution >= 0.6 is 11.8 Å². The Bertz CT molecular complexity index is 1020. The smallest absolute Gasteiger partial charge is 0.417 e. The van der Waals surface area contributed by atoms with Gasteiger partial charge in [-0.1, -0.05) is 6.07 Å². The fourth-order valence-corrected chi connectivity index (χ4v) is 3.24. The minimum Gasteiger partial charge on any atom is -0.439 e. The molecule has 1 aliphatic rings. The number of benzene rings is 1. The Morgan fingerprint density at radius 3 is 2.61 bits per heavy atom. The van der Waals surface area contributed by atoms with E-state index in [0.29, 0.717) is 17.0 Å². The zero-order valence-corrected chi connectivity index (χ0v) is 15.2. The first-order chi connectivity index (χ1) is 13.4. The molecule has 1 aliphatic heterocycles. The van der Waals surface area contributed by atoms with Crippen LogP contribution < -0.4 is 10.1 Å². The van der Waals surface area contributed by atoms with E-state index in [2.05, 4.69) is 15.3 Å². The van der Waals surface area contributed by atoms with E-state index in [9.17, 15) is 18.0 Å². The lowest BCUT2D eigenvalue weighted by molar-refractivity contribution is -0.137. The van der Waals surface area contributed by atoms with Gasteiger partial charge in [-0.05, 0) is 30.3 Å². The third kappa shape index (κ3) is 4.04. The lowest BCUT2D eigenvalue weighted by Crippen LogP contribution is -2.44. The number of nitrogens with zero attached hydrogens (tertiary/aromatic N) is 2. The van der Waals surface area contributed by atoms with Crippen LogP contribution in [0, 0.1) is 0 Å². The predicted molar refractivity (Wildman–Crippen MR) is 99.6 cm³/mol. The van der Waals surface area contributed by atoms with Gasteiger partial charge in [0.05, 0.1) is 11.1 Å². The number of hydrogen-bond acceptors (Lipinski definition) is 5. The first-order valence-electron chi connectivity index (χ1n) is 8.39. The minimum atomic E-state index is -4.44. The quantitative estimate of drug-likeness (QED) is 0.702. The van der Waals surface area contributed by atoms with Crippen LogP contribution in [0.15, 0.2) is 48.7 Å². The number of ether oxygens (including phenoxy) is 1. The number of halogens is 3. The zero-order valence-electron chi connectivity index (χ0n) is 14.4. The van der Waals surface area contributed by atoms with Crippen molar-refractivity contribution < 1.29 is 22.7 Å². The second-order valence-electron chi connectivity index (χ2n) is 6.24. The first kappa shape index (κ1) is 18.5. The number of pyridine rings is 2. The Morgan fingerprint density at radius 2 is 1.96 bits per heavy atom. The Labute approximate surface area is 162 Å². The van der Waals surface area contributed by atoms with Crippen molar-refractivity contribution in [2.75, 3.05) is 11.5 Å². The van der Waals surface area contributed by atoms with Crippen LogP contribution in [-0.2, 0) is 6.18 Å². The second kappa shape index (κ2) is 7.31. The average Bonchev–Trinajstić information content (AvgIpc) is 2.64. The maximum absolute atomic E-state index is 12.6. The highest BCUT2D eigenvalue weighted by molar-refractivity contribution is 8.00. The van der Waals surface area contributed by atoms with Gasteiger partial charge in [0.1, 0.15) is 11.4 Å². The maximum Gasteiger partial charge on any atom is 0.417 e. The van der Waals surface area contributed by atoms with E-state index in [1.807, 2.05) is 0 Å². The molecule has 9 heteroatoms. The molecule has 1 N–H and O–H groups in total. The molecular weight excluding hydrogens is 391 g/mol. The van der Waals surface area contributed by atoms with Gasteiger partial charge in [-0.15, -0.1) is 0 Å². The average molecular weight is 405 g/mol. The van der Waals surface area contributed by atoms with E-state index in [0.717, 1.165) is 35.2 Å². The molecule has 144 valence electrons. The minimum absolute atomic E-state index is 0.0506. The van der Waals surface area contributed by atoms with E-state index >= 15 is 0 Å². The summed E-state index contributed by atoms with van der Waals surface area (Å²) in [6.07, 6.45) is -3.72. The lowest BCUT2D eigenvalue weighted by Gasteiger charge is -2.25. The predicted octanol–water partition coefficient (Wildman–Crippen LogP) is 4.29. The molecule has 0 atom stereocenters. The standard InChI is InChI=1S/C19H14F3N3O2S/c20-19(21,22)12-2-6-17(23-8-12)27-14-3-5-15-11(7-14)1-4-16(25-15)18(26)24-13-9-28-10-13/h1-8,13H,9-10H2,(H,24,26). The molecular formula is C19H14F3N3O2S. The van der Waals surface area contributed by atoms with Gasteiger partial charge in [0.25, 0.3) is 5.91 Å². The zero-order chi connectivity index (χ0) is 19.7. The summed E-state index contributed by atoms with van der Waals surface area (Å²) in [7, 11) is 0. The molecule has 1 aromatic carbocycles. The van der Waals surface area contributed by atoms with E-state index in [1.165, 1.54) is 0 Å². The van der Waals surface area contributed by atoms with E-state index in [4.69, 9.17) is 4.74 Å². The monoisotopic (exact) mass is 405 g/mol. The highest BCUT2D eigenvalue weighted by Gasteiger charge is 2.30. The summed E-state index contributed by atoms with van der Waals surface area (Å²) in [5.74, 6) is 2.08. The molecule has 1 saturated heterocycles. The van der Waals surface area contributed by atoms with Gasteiger partial charge in [-0.2, -0.15) is 24.9 Å². The lowest BCUT2D eigenvalue weighted by atomic mass is 10.2. The van der Waals surface area contributed by atoms with Gasteiger partial charge < -0.3 is 10.1 Å².